The Morgan fingerprint density at radius 2 is 1.56 bits per heavy atom. The highest BCUT2D eigenvalue weighted by Gasteiger charge is 2.30. The van der Waals surface area contributed by atoms with E-state index in [2.05, 4.69) is 10.3 Å². The first-order valence-corrected chi connectivity index (χ1v) is 13.5. The number of benzene rings is 1. The number of nitrogens with one attached hydrogen (secondary N) is 1. The van der Waals surface area contributed by atoms with Gasteiger partial charge in [-0.1, -0.05) is 63.7 Å². The van der Waals surface area contributed by atoms with Gasteiger partial charge in [-0.15, -0.1) is 0 Å². The van der Waals surface area contributed by atoms with E-state index in [1.807, 2.05) is 44.4 Å². The van der Waals surface area contributed by atoms with E-state index in [1.54, 1.807) is 18.6 Å². The predicted octanol–water partition coefficient (Wildman–Crippen LogP) is 5.84. The Kier molecular flexibility index (Phi) is 13.3. The lowest BCUT2D eigenvalue weighted by atomic mass is 10.0. The van der Waals surface area contributed by atoms with Crippen molar-refractivity contribution >= 4 is 35.1 Å². The van der Waals surface area contributed by atoms with E-state index in [9.17, 15) is 9.59 Å². The van der Waals surface area contributed by atoms with Crippen LogP contribution >= 0.6 is 23.2 Å². The summed E-state index contributed by atoms with van der Waals surface area (Å²) in [4.78, 5) is 30.3. The number of imidazole rings is 1. The van der Waals surface area contributed by atoms with Crippen molar-refractivity contribution < 1.29 is 19.1 Å². The zero-order valence-corrected chi connectivity index (χ0v) is 23.3. The molecule has 1 aromatic heterocycles. The van der Waals surface area contributed by atoms with Gasteiger partial charge in [-0.25, -0.2) is 4.98 Å². The van der Waals surface area contributed by atoms with Crippen LogP contribution in [-0.4, -0.2) is 46.8 Å². The largest absolute Gasteiger partial charge is 0.465 e. The molecule has 1 heterocycles. The number of hydrogen-bond acceptors (Lipinski definition) is 6. The molecule has 0 saturated carbocycles. The van der Waals surface area contributed by atoms with Crippen LogP contribution in [0.4, 0.5) is 0 Å². The molecule has 0 unspecified atom stereocenters. The van der Waals surface area contributed by atoms with Crippen LogP contribution in [-0.2, 0) is 32.0 Å². The molecule has 7 nitrogen and oxygen atoms in total. The number of nitrogens with zero attached hydrogens (tertiary/aromatic N) is 2. The highest BCUT2D eigenvalue weighted by atomic mass is 35.5. The highest BCUT2D eigenvalue weighted by Crippen LogP contribution is 2.20. The molecule has 2 aromatic rings. The van der Waals surface area contributed by atoms with E-state index < -0.39 is 18.1 Å². The van der Waals surface area contributed by atoms with E-state index in [4.69, 9.17) is 32.7 Å². The molecule has 0 fully saturated rings. The topological polar surface area (TPSA) is 82.5 Å². The lowest BCUT2D eigenvalue weighted by molar-refractivity contribution is -0.150. The summed E-state index contributed by atoms with van der Waals surface area (Å²) in [5.41, 5.74) is 1.73. The molecule has 200 valence electrons. The third-order valence-corrected chi connectivity index (χ3v) is 6.09. The lowest BCUT2D eigenvalue weighted by Gasteiger charge is -2.25. The number of carbonyl (C=O) groups is 2. The zero-order valence-electron chi connectivity index (χ0n) is 21.8. The number of aromatic nitrogens is 2. The molecular weight excluding hydrogens is 501 g/mol. The van der Waals surface area contributed by atoms with E-state index >= 15 is 0 Å². The van der Waals surface area contributed by atoms with E-state index in [1.165, 1.54) is 0 Å². The second-order valence-corrected chi connectivity index (χ2v) is 10.3. The average Bonchev–Trinajstić information content (AvgIpc) is 3.23. The summed E-state index contributed by atoms with van der Waals surface area (Å²) >= 11 is 12.3. The summed E-state index contributed by atoms with van der Waals surface area (Å²) in [6.45, 7) is 9.34. The molecular formula is C27H39Cl2N3O4. The monoisotopic (exact) mass is 539 g/mol. The quantitative estimate of drug-likeness (QED) is 0.213. The highest BCUT2D eigenvalue weighted by molar-refractivity contribution is 6.34. The zero-order chi connectivity index (χ0) is 26.5. The van der Waals surface area contributed by atoms with Crippen molar-refractivity contribution in [3.63, 3.8) is 0 Å². The number of ether oxygens (including phenoxy) is 2. The average molecular weight is 541 g/mol. The maximum Gasteiger partial charge on any atom is 0.323 e. The van der Waals surface area contributed by atoms with Gasteiger partial charge in [0.1, 0.15) is 12.1 Å². The molecule has 0 amide bonds. The molecule has 0 aliphatic rings. The van der Waals surface area contributed by atoms with Crippen molar-refractivity contribution in [2.75, 3.05) is 13.2 Å². The molecule has 0 bridgehead atoms. The molecule has 0 spiro atoms. The fourth-order valence-electron chi connectivity index (χ4n) is 3.76. The minimum atomic E-state index is -0.734. The van der Waals surface area contributed by atoms with Gasteiger partial charge < -0.3 is 14.0 Å². The van der Waals surface area contributed by atoms with Gasteiger partial charge >= 0.3 is 11.9 Å². The molecule has 2 atom stereocenters. The number of halogens is 2. The van der Waals surface area contributed by atoms with Gasteiger partial charge in [-0.2, -0.15) is 0 Å². The van der Waals surface area contributed by atoms with Crippen LogP contribution in [0.3, 0.4) is 0 Å². The van der Waals surface area contributed by atoms with Crippen molar-refractivity contribution in [3.05, 3.63) is 52.0 Å². The first-order valence-electron chi connectivity index (χ1n) is 12.8. The summed E-state index contributed by atoms with van der Waals surface area (Å²) in [7, 11) is 0. The number of unbranched alkanes of at least 4 members (excludes halogenated alkanes) is 2. The third kappa shape index (κ3) is 10.5. The number of rotatable bonds is 16. The second-order valence-electron chi connectivity index (χ2n) is 9.44. The molecule has 1 N–H and O–H groups in total. The van der Waals surface area contributed by atoms with Crippen molar-refractivity contribution in [1.82, 2.24) is 14.9 Å². The Morgan fingerprint density at radius 3 is 2.11 bits per heavy atom. The number of esters is 2. The van der Waals surface area contributed by atoms with Crippen molar-refractivity contribution in [2.45, 2.75) is 84.8 Å². The minimum absolute atomic E-state index is 0.232. The lowest BCUT2D eigenvalue weighted by Crippen LogP contribution is -2.50. The van der Waals surface area contributed by atoms with Gasteiger partial charge in [0.25, 0.3) is 0 Å². The van der Waals surface area contributed by atoms with Crippen LogP contribution in [0.15, 0.2) is 30.7 Å². The Labute approximate surface area is 224 Å². The fourth-order valence-corrected chi connectivity index (χ4v) is 4.33. The van der Waals surface area contributed by atoms with Gasteiger partial charge in [0.05, 0.1) is 19.5 Å². The van der Waals surface area contributed by atoms with E-state index in [0.717, 1.165) is 36.9 Å². The van der Waals surface area contributed by atoms with Gasteiger partial charge in [0.2, 0.25) is 0 Å². The van der Waals surface area contributed by atoms with Gasteiger partial charge in [-0.3, -0.25) is 14.9 Å². The number of hydrogen-bond donors (Lipinski definition) is 1. The van der Waals surface area contributed by atoms with E-state index in [0.29, 0.717) is 42.6 Å². The van der Waals surface area contributed by atoms with Crippen LogP contribution in [0, 0.1) is 5.92 Å². The second kappa shape index (κ2) is 15.9. The maximum atomic E-state index is 13.1. The molecule has 0 radical (unpaired) electrons. The molecule has 36 heavy (non-hydrogen) atoms. The summed E-state index contributed by atoms with van der Waals surface area (Å²) in [6.07, 6.45) is 7.70. The van der Waals surface area contributed by atoms with Crippen LogP contribution in [0.25, 0.3) is 0 Å². The fraction of sp³-hybridized carbons (Fsp3) is 0.593. The maximum absolute atomic E-state index is 13.1. The first-order chi connectivity index (χ1) is 17.2. The Balaban J connectivity index is 2.23. The SMILES string of the molecule is CCCCOC(=O)[C@H](Cc1cncn1Cc1cc(Cl)cc(Cl)c1)N[C@@H](CC(C)C)C(=O)OCCCC. The first kappa shape index (κ1) is 30.1. The summed E-state index contributed by atoms with van der Waals surface area (Å²) in [5.74, 6) is -0.501. The minimum Gasteiger partial charge on any atom is -0.465 e. The Bertz CT molecular complexity index is 944. The van der Waals surface area contributed by atoms with Crippen LogP contribution in [0.5, 0.6) is 0 Å². The molecule has 9 heteroatoms. The van der Waals surface area contributed by atoms with Gasteiger partial charge in [-0.05, 0) is 48.9 Å². The van der Waals surface area contributed by atoms with Crippen LogP contribution in [0.1, 0.15) is 71.1 Å². The standard InChI is InChI=1S/C27H39Cl2N3O4/c1-5-7-9-35-26(33)24(11-19(3)4)31-25(27(34)36-10-8-6-2)15-23-16-30-18-32(23)17-20-12-21(28)14-22(29)13-20/h12-14,16,18-19,24-25,31H,5-11,15,17H2,1-4H3/t24-,25-/m0/s1. The van der Waals surface area contributed by atoms with E-state index in [-0.39, 0.29) is 11.9 Å². The van der Waals surface area contributed by atoms with Crippen molar-refractivity contribution in [3.8, 4) is 0 Å². The summed E-state index contributed by atoms with van der Waals surface area (Å²) in [5, 5.41) is 4.36. The summed E-state index contributed by atoms with van der Waals surface area (Å²) < 4.78 is 13.0. The number of carbonyl (C=O) groups excluding carboxylic acids is 2. The Hall–Kier alpha value is -2.09. The van der Waals surface area contributed by atoms with Gasteiger partial charge in [0.15, 0.2) is 0 Å². The van der Waals surface area contributed by atoms with Crippen molar-refractivity contribution in [2.24, 2.45) is 5.92 Å². The molecule has 0 saturated heterocycles. The van der Waals surface area contributed by atoms with Crippen LogP contribution < -0.4 is 5.32 Å². The molecule has 1 aromatic carbocycles. The summed E-state index contributed by atoms with van der Waals surface area (Å²) in [6, 6.07) is 4.02. The molecule has 0 aliphatic heterocycles. The molecule has 0 aliphatic carbocycles. The van der Waals surface area contributed by atoms with Gasteiger partial charge in [0, 0.05) is 34.9 Å². The smallest absolute Gasteiger partial charge is 0.323 e. The molecule has 2 rings (SSSR count). The van der Waals surface area contributed by atoms with Crippen LogP contribution in [0.2, 0.25) is 10.0 Å². The Morgan fingerprint density at radius 1 is 0.972 bits per heavy atom. The normalized spacial score (nSPS) is 13.0. The predicted molar refractivity (Wildman–Crippen MR) is 143 cm³/mol. The van der Waals surface area contributed by atoms with Crippen molar-refractivity contribution in [1.29, 1.82) is 0 Å². The third-order valence-electron chi connectivity index (χ3n) is 5.65.